The molecule has 0 aliphatic heterocycles. The molecule has 0 atom stereocenters. The summed E-state index contributed by atoms with van der Waals surface area (Å²) in [7, 11) is 0. The van der Waals surface area contributed by atoms with Crippen LogP contribution in [0.1, 0.15) is 5.76 Å². The van der Waals surface area contributed by atoms with Gasteiger partial charge in [-0.15, -0.1) is 0 Å². The van der Waals surface area contributed by atoms with Gasteiger partial charge in [0.1, 0.15) is 11.6 Å². The van der Waals surface area contributed by atoms with E-state index in [1.54, 1.807) is 24.3 Å². The molecule has 0 fully saturated rings. The van der Waals surface area contributed by atoms with Crippen LogP contribution in [-0.4, -0.2) is 9.91 Å². The third kappa shape index (κ3) is 5.03. The molecule has 0 saturated heterocycles. The normalized spacial score (nSPS) is 11.0. The number of hydrazine groups is 1. The van der Waals surface area contributed by atoms with Crippen LogP contribution in [0.4, 0.5) is 5.82 Å². The minimum atomic E-state index is -0.575. The second-order valence-electron chi connectivity index (χ2n) is 3.87. The molecule has 0 unspecified atom stereocenters. The molecule has 0 amide bonds. The van der Waals surface area contributed by atoms with Crippen LogP contribution in [0.5, 0.6) is 0 Å². The Kier molecular flexibility index (Phi) is 4.99. The Morgan fingerprint density at radius 2 is 2.33 bits per heavy atom. The summed E-state index contributed by atoms with van der Waals surface area (Å²) in [6.07, 6.45) is 3.78. The molecule has 0 aliphatic rings. The lowest BCUT2D eigenvalue weighted by Crippen LogP contribution is -2.31. The number of nitro groups is 1. The quantitative estimate of drug-likeness (QED) is 0.531. The Morgan fingerprint density at radius 1 is 1.48 bits per heavy atom. The van der Waals surface area contributed by atoms with Crippen molar-refractivity contribution in [2.24, 2.45) is 0 Å². The van der Waals surface area contributed by atoms with Crippen molar-refractivity contribution in [3.63, 3.8) is 0 Å². The van der Waals surface area contributed by atoms with Crippen molar-refractivity contribution < 1.29 is 9.34 Å². The molecule has 9 heteroatoms. The number of halogens is 1. The van der Waals surface area contributed by atoms with Crippen molar-refractivity contribution in [1.82, 2.24) is 15.7 Å². The number of hydrogen-bond donors (Lipinski definition) is 3. The molecular formula is C12H12ClN5O3. The molecule has 0 spiro atoms. The Bertz CT molecular complexity index is 612. The van der Waals surface area contributed by atoms with E-state index in [0.29, 0.717) is 23.1 Å². The van der Waals surface area contributed by atoms with Gasteiger partial charge in [0.15, 0.2) is 5.82 Å². The summed E-state index contributed by atoms with van der Waals surface area (Å²) in [5.41, 5.74) is 5.38. The summed E-state index contributed by atoms with van der Waals surface area (Å²) in [6.45, 7) is 0.301. The van der Waals surface area contributed by atoms with Gasteiger partial charge in [-0.05, 0) is 24.3 Å². The van der Waals surface area contributed by atoms with Crippen LogP contribution < -0.4 is 16.2 Å². The van der Waals surface area contributed by atoms with Gasteiger partial charge in [0.25, 0.3) is 6.20 Å². The maximum absolute atomic E-state index is 10.6. The smallest absolute Gasteiger partial charge is 0.275 e. The Labute approximate surface area is 124 Å². The average Bonchev–Trinajstić information content (AvgIpc) is 2.96. The summed E-state index contributed by atoms with van der Waals surface area (Å²) in [4.78, 5) is 14.0. The summed E-state index contributed by atoms with van der Waals surface area (Å²) < 4.78 is 5.13. The highest BCUT2D eigenvalue weighted by molar-refractivity contribution is 6.30. The molecule has 0 radical (unpaired) electrons. The van der Waals surface area contributed by atoms with Crippen LogP contribution >= 0.6 is 11.6 Å². The van der Waals surface area contributed by atoms with Crippen LogP contribution in [0.15, 0.2) is 53.2 Å². The lowest BCUT2D eigenvalue weighted by molar-refractivity contribution is -0.404. The molecule has 0 saturated carbocycles. The number of nitrogens with zero attached hydrogens (tertiary/aromatic N) is 2. The summed E-state index contributed by atoms with van der Waals surface area (Å²) in [6, 6.07) is 6.76. The molecule has 21 heavy (non-hydrogen) atoms. The van der Waals surface area contributed by atoms with Crippen LogP contribution in [0.25, 0.3) is 0 Å². The van der Waals surface area contributed by atoms with Crippen LogP contribution in [-0.2, 0) is 6.54 Å². The van der Waals surface area contributed by atoms with Crippen LogP contribution in [0.2, 0.25) is 5.02 Å². The van der Waals surface area contributed by atoms with Gasteiger partial charge in [-0.25, -0.2) is 4.98 Å². The SMILES string of the molecule is O=[N+]([O-])/C=C(/NCc1ccco1)NNc1ccc(Cl)cn1. The maximum atomic E-state index is 10.6. The summed E-state index contributed by atoms with van der Waals surface area (Å²) >= 11 is 5.72. The number of aromatic nitrogens is 1. The van der Waals surface area contributed by atoms with E-state index in [4.69, 9.17) is 16.0 Å². The lowest BCUT2D eigenvalue weighted by Gasteiger charge is -2.11. The zero-order chi connectivity index (χ0) is 15.1. The number of nitrogens with one attached hydrogen (secondary N) is 3. The van der Waals surface area contributed by atoms with E-state index in [-0.39, 0.29) is 5.82 Å². The van der Waals surface area contributed by atoms with Crippen LogP contribution in [0, 0.1) is 10.1 Å². The molecule has 110 valence electrons. The van der Waals surface area contributed by atoms with Gasteiger partial charge in [0, 0.05) is 6.20 Å². The van der Waals surface area contributed by atoms with E-state index in [1.165, 1.54) is 12.5 Å². The number of anilines is 1. The summed E-state index contributed by atoms with van der Waals surface area (Å²) in [5, 5.41) is 13.9. The van der Waals surface area contributed by atoms with Crippen molar-refractivity contribution >= 4 is 17.4 Å². The van der Waals surface area contributed by atoms with E-state index in [2.05, 4.69) is 21.2 Å². The first kappa shape index (κ1) is 14.7. The van der Waals surface area contributed by atoms with E-state index in [0.717, 1.165) is 6.20 Å². The first-order valence-electron chi connectivity index (χ1n) is 5.88. The van der Waals surface area contributed by atoms with Gasteiger partial charge in [0.05, 0.1) is 22.8 Å². The third-order valence-electron chi connectivity index (χ3n) is 2.32. The number of pyridine rings is 1. The largest absolute Gasteiger partial charge is 0.467 e. The molecule has 0 aromatic carbocycles. The van der Waals surface area contributed by atoms with Gasteiger partial charge in [-0.2, -0.15) is 0 Å². The first-order chi connectivity index (χ1) is 10.1. The van der Waals surface area contributed by atoms with E-state index in [1.807, 2.05) is 0 Å². The van der Waals surface area contributed by atoms with Crippen molar-refractivity contribution in [3.8, 4) is 0 Å². The Morgan fingerprint density at radius 3 is 2.95 bits per heavy atom. The monoisotopic (exact) mass is 309 g/mol. The van der Waals surface area contributed by atoms with Gasteiger partial charge in [-0.1, -0.05) is 11.6 Å². The first-order valence-corrected chi connectivity index (χ1v) is 6.26. The van der Waals surface area contributed by atoms with Gasteiger partial charge in [-0.3, -0.25) is 21.0 Å². The fourth-order valence-corrected chi connectivity index (χ4v) is 1.52. The second kappa shape index (κ2) is 7.15. The number of rotatable bonds is 7. The fourth-order valence-electron chi connectivity index (χ4n) is 1.40. The number of hydrogen-bond acceptors (Lipinski definition) is 7. The molecule has 0 bridgehead atoms. The molecule has 2 heterocycles. The lowest BCUT2D eigenvalue weighted by atomic mass is 10.4. The maximum Gasteiger partial charge on any atom is 0.275 e. The van der Waals surface area contributed by atoms with Crippen LogP contribution in [0.3, 0.4) is 0 Å². The number of furan rings is 1. The topological polar surface area (TPSA) is 105 Å². The average molecular weight is 310 g/mol. The van der Waals surface area contributed by atoms with Crippen molar-refractivity contribution in [2.45, 2.75) is 6.54 Å². The van der Waals surface area contributed by atoms with Gasteiger partial charge < -0.3 is 9.73 Å². The van der Waals surface area contributed by atoms with E-state index in [9.17, 15) is 10.1 Å². The highest BCUT2D eigenvalue weighted by Crippen LogP contribution is 2.08. The summed E-state index contributed by atoms with van der Waals surface area (Å²) in [5.74, 6) is 1.28. The van der Waals surface area contributed by atoms with Gasteiger partial charge >= 0.3 is 0 Å². The zero-order valence-electron chi connectivity index (χ0n) is 10.7. The minimum Gasteiger partial charge on any atom is -0.467 e. The molecule has 0 aliphatic carbocycles. The van der Waals surface area contributed by atoms with Gasteiger partial charge in [0.2, 0.25) is 0 Å². The van der Waals surface area contributed by atoms with Crippen molar-refractivity contribution in [1.29, 1.82) is 0 Å². The molecule has 3 N–H and O–H groups in total. The molecule has 2 aromatic rings. The van der Waals surface area contributed by atoms with E-state index < -0.39 is 4.92 Å². The minimum absolute atomic E-state index is 0.160. The Balaban J connectivity index is 1.93. The standard InChI is InChI=1S/C12H12ClN5O3/c13-9-3-4-11(14-6-9)16-17-12(8-18(19)20)15-7-10-2-1-5-21-10/h1-6,8,15,17H,7H2,(H,14,16)/b12-8-. The second-order valence-corrected chi connectivity index (χ2v) is 4.31. The molecule has 2 rings (SSSR count). The zero-order valence-corrected chi connectivity index (χ0v) is 11.5. The Hall–Kier alpha value is -2.74. The predicted octanol–water partition coefficient (Wildman–Crippen LogP) is 2.11. The predicted molar refractivity (Wildman–Crippen MR) is 76.6 cm³/mol. The third-order valence-corrected chi connectivity index (χ3v) is 2.54. The molecule has 8 nitrogen and oxygen atoms in total. The van der Waals surface area contributed by atoms with Crippen molar-refractivity contribution in [2.75, 3.05) is 5.43 Å². The molecule has 2 aromatic heterocycles. The fraction of sp³-hybridized carbons (Fsp3) is 0.0833. The van der Waals surface area contributed by atoms with E-state index >= 15 is 0 Å². The van der Waals surface area contributed by atoms with Crippen molar-refractivity contribution in [3.05, 3.63) is 69.6 Å². The molecular weight excluding hydrogens is 298 g/mol. The highest BCUT2D eigenvalue weighted by Gasteiger charge is 2.04. The highest BCUT2D eigenvalue weighted by atomic mass is 35.5.